The number of nitrogens with zero attached hydrogens (tertiary/aromatic N) is 1. The summed E-state index contributed by atoms with van der Waals surface area (Å²) < 4.78 is 0.932. The molecule has 1 aromatic carbocycles. The smallest absolute Gasteiger partial charge is 0.274 e. The van der Waals surface area contributed by atoms with Crippen LogP contribution >= 0.6 is 0 Å². The predicted octanol–water partition coefficient (Wildman–Crippen LogP) is 6.10. The molecule has 3 heteroatoms. The van der Waals surface area contributed by atoms with E-state index >= 15 is 0 Å². The lowest BCUT2D eigenvalue weighted by molar-refractivity contribution is -0.411. The lowest BCUT2D eigenvalue weighted by Crippen LogP contribution is -2.14. The quantitative estimate of drug-likeness (QED) is 0.386. The summed E-state index contributed by atoms with van der Waals surface area (Å²) in [5.74, 6) is -0.0429. The predicted molar refractivity (Wildman–Crippen MR) is 94.0 cm³/mol. The van der Waals surface area contributed by atoms with E-state index in [-0.39, 0.29) is 5.78 Å². The third-order valence-electron chi connectivity index (χ3n) is 4.48. The van der Waals surface area contributed by atoms with Gasteiger partial charge in [-0.3, -0.25) is 4.79 Å². The van der Waals surface area contributed by atoms with Crippen LogP contribution in [-0.4, -0.2) is 10.5 Å². The molecule has 1 aliphatic rings. The summed E-state index contributed by atoms with van der Waals surface area (Å²) >= 11 is 0. The molecule has 3 nitrogen and oxygen atoms in total. The number of benzene rings is 1. The van der Waals surface area contributed by atoms with Gasteiger partial charge in [0.2, 0.25) is 5.70 Å². The minimum Gasteiger partial charge on any atom is -0.289 e. The van der Waals surface area contributed by atoms with Gasteiger partial charge in [-0.2, -0.15) is 0 Å². The van der Waals surface area contributed by atoms with Crippen LogP contribution < -0.4 is 0 Å². The van der Waals surface area contributed by atoms with Crippen molar-refractivity contribution in [3.8, 4) is 0 Å². The number of ketones is 1. The highest BCUT2D eigenvalue weighted by atomic mass is 16.3. The Balaban J connectivity index is 1.69. The maximum absolute atomic E-state index is 12.3. The van der Waals surface area contributed by atoms with Gasteiger partial charge in [0.1, 0.15) is 0 Å². The molecule has 124 valence electrons. The van der Waals surface area contributed by atoms with E-state index in [4.69, 9.17) is 0 Å². The molecule has 0 amide bonds. The topological polar surface area (TPSA) is 37.1 Å². The summed E-state index contributed by atoms with van der Waals surface area (Å²) in [6.45, 7) is 2.24. The summed E-state index contributed by atoms with van der Waals surface area (Å²) in [5.41, 5.74) is 1.61. The fourth-order valence-electron chi connectivity index (χ4n) is 3.09. The first-order chi connectivity index (χ1) is 11.2. The Hall–Kier alpha value is -1.77. The Morgan fingerprint density at radius 2 is 1.48 bits per heavy atom. The second kappa shape index (κ2) is 9.39. The molecule has 1 aromatic rings. The van der Waals surface area contributed by atoms with Crippen LogP contribution in [0.4, 0.5) is 5.69 Å². The van der Waals surface area contributed by atoms with Crippen molar-refractivity contribution in [1.82, 2.24) is 0 Å². The van der Waals surface area contributed by atoms with Gasteiger partial charge in [0.25, 0.3) is 5.69 Å². The summed E-state index contributed by atoms with van der Waals surface area (Å²) in [7, 11) is 0. The summed E-state index contributed by atoms with van der Waals surface area (Å²) in [6, 6.07) is 7.04. The lowest BCUT2D eigenvalue weighted by Gasteiger charge is -2.07. The lowest BCUT2D eigenvalue weighted by atomic mass is 10.0. The van der Waals surface area contributed by atoms with Crippen LogP contribution in [0, 0.1) is 4.91 Å². The number of carbonyl (C=O) groups excluding carboxylic acids is 1. The minimum atomic E-state index is -0.0429. The minimum absolute atomic E-state index is 0.0429. The van der Waals surface area contributed by atoms with Gasteiger partial charge in [-0.1, -0.05) is 70.4 Å². The molecular formula is C20H28NO2+. The molecule has 2 rings (SSSR count). The van der Waals surface area contributed by atoms with Crippen LogP contribution in [0.3, 0.4) is 0 Å². The van der Waals surface area contributed by atoms with Crippen LogP contribution in [0.15, 0.2) is 36.0 Å². The Kier molecular flexibility index (Phi) is 7.18. The van der Waals surface area contributed by atoms with Gasteiger partial charge in [-0.25, -0.2) is 0 Å². The molecular weight excluding hydrogens is 286 g/mol. The molecule has 0 N–H and O–H groups in total. The maximum Gasteiger partial charge on any atom is 0.274 e. The van der Waals surface area contributed by atoms with E-state index in [2.05, 4.69) is 6.92 Å². The maximum atomic E-state index is 12.3. The third kappa shape index (κ3) is 5.12. The van der Waals surface area contributed by atoms with Crippen molar-refractivity contribution in [1.29, 1.82) is 0 Å². The average molecular weight is 314 g/mol. The first-order valence-corrected chi connectivity index (χ1v) is 9.05. The normalized spacial score (nSPS) is 13.9. The summed E-state index contributed by atoms with van der Waals surface area (Å²) in [6.07, 6.45) is 13.5. The largest absolute Gasteiger partial charge is 0.289 e. The number of rotatable bonds is 10. The molecule has 0 radical (unpaired) electrons. The second-order valence-electron chi connectivity index (χ2n) is 6.39. The molecule has 0 aromatic heterocycles. The van der Waals surface area contributed by atoms with E-state index in [1.807, 2.05) is 0 Å². The number of nitroso groups, excluding NO2 is 1. The van der Waals surface area contributed by atoms with E-state index in [0.717, 1.165) is 17.6 Å². The molecule has 0 bridgehead atoms. The summed E-state index contributed by atoms with van der Waals surface area (Å²) in [4.78, 5) is 24.4. The number of hydrogen-bond donors (Lipinski definition) is 0. The van der Waals surface area contributed by atoms with Gasteiger partial charge in [0, 0.05) is 17.4 Å². The highest BCUT2D eigenvalue weighted by Crippen LogP contribution is 2.29. The van der Waals surface area contributed by atoms with E-state index in [1.54, 1.807) is 24.3 Å². The van der Waals surface area contributed by atoms with Crippen molar-refractivity contribution in [3.05, 3.63) is 46.5 Å². The van der Waals surface area contributed by atoms with E-state index in [1.165, 1.54) is 51.0 Å². The molecule has 0 aliphatic carbocycles. The second-order valence-corrected chi connectivity index (χ2v) is 6.39. The fraction of sp³-hybridized carbons (Fsp3) is 0.550. The Morgan fingerprint density at radius 1 is 0.870 bits per heavy atom. The van der Waals surface area contributed by atoms with Crippen LogP contribution in [0.2, 0.25) is 0 Å². The van der Waals surface area contributed by atoms with Gasteiger partial charge in [-0.05, 0) is 12.5 Å². The zero-order valence-electron chi connectivity index (χ0n) is 14.2. The fourth-order valence-corrected chi connectivity index (χ4v) is 3.09. The summed E-state index contributed by atoms with van der Waals surface area (Å²) in [5, 5.41) is 0. The Labute approximate surface area is 139 Å². The number of fused-ring (bicyclic) bond motifs is 1. The van der Waals surface area contributed by atoms with Crippen molar-refractivity contribution in [2.45, 2.75) is 71.1 Å². The first kappa shape index (κ1) is 17.6. The molecule has 23 heavy (non-hydrogen) atoms. The van der Waals surface area contributed by atoms with Crippen LogP contribution in [-0.2, 0) is 0 Å². The average Bonchev–Trinajstić information content (AvgIpc) is 2.57. The first-order valence-electron chi connectivity index (χ1n) is 9.05. The van der Waals surface area contributed by atoms with Crippen molar-refractivity contribution in [3.63, 3.8) is 0 Å². The van der Waals surface area contributed by atoms with E-state index in [0.29, 0.717) is 23.4 Å². The Bertz CT molecular complexity index is 575. The van der Waals surface area contributed by atoms with Crippen LogP contribution in [0.25, 0.3) is 0 Å². The van der Waals surface area contributed by atoms with Crippen molar-refractivity contribution < 1.29 is 9.55 Å². The molecule has 0 spiro atoms. The van der Waals surface area contributed by atoms with Gasteiger partial charge in [0.15, 0.2) is 5.78 Å². The molecule has 0 saturated heterocycles. The molecule has 1 heterocycles. The molecule has 1 aliphatic heterocycles. The van der Waals surface area contributed by atoms with Gasteiger partial charge < -0.3 is 0 Å². The number of para-hydroxylation sites is 1. The Morgan fingerprint density at radius 3 is 2.17 bits per heavy atom. The standard InChI is InChI=1S/C20H28NO2/c1-2-3-4-5-6-7-8-9-10-13-17-16-20(22)18-14-11-12-15-19(18)21(17)23/h11-12,14-16H,2-10,13H2,1H3/q+1. The SMILES string of the molecule is CCCCCCCCCCCC1=CC(=O)c2ccccc2[N+]1=O. The number of hydrogen-bond acceptors (Lipinski definition) is 2. The third-order valence-corrected chi connectivity index (χ3v) is 4.48. The highest BCUT2D eigenvalue weighted by Gasteiger charge is 2.32. The van der Waals surface area contributed by atoms with Crippen LogP contribution in [0.5, 0.6) is 0 Å². The van der Waals surface area contributed by atoms with Crippen molar-refractivity contribution >= 4 is 11.5 Å². The van der Waals surface area contributed by atoms with Gasteiger partial charge in [-0.15, -0.1) is 0 Å². The monoisotopic (exact) mass is 314 g/mol. The van der Waals surface area contributed by atoms with Crippen molar-refractivity contribution in [2.24, 2.45) is 0 Å². The van der Waals surface area contributed by atoms with Gasteiger partial charge in [0.05, 0.1) is 16.4 Å². The number of unbranched alkanes of at least 4 members (excludes halogenated alkanes) is 8. The van der Waals surface area contributed by atoms with Gasteiger partial charge >= 0.3 is 0 Å². The van der Waals surface area contributed by atoms with E-state index < -0.39 is 0 Å². The molecule has 0 fully saturated rings. The van der Waals surface area contributed by atoms with E-state index in [9.17, 15) is 9.70 Å². The zero-order chi connectivity index (χ0) is 16.5. The van der Waals surface area contributed by atoms with Crippen LogP contribution in [0.1, 0.15) is 81.5 Å². The molecule has 0 atom stereocenters. The number of allylic oxidation sites excluding steroid dienone is 2. The number of carbonyl (C=O) groups is 1. The highest BCUT2D eigenvalue weighted by molar-refractivity contribution is 6.08. The van der Waals surface area contributed by atoms with Crippen molar-refractivity contribution in [2.75, 3.05) is 0 Å². The molecule has 0 saturated carbocycles. The molecule has 0 unspecified atom stereocenters. The zero-order valence-corrected chi connectivity index (χ0v) is 14.2.